The van der Waals surface area contributed by atoms with Gasteiger partial charge in [0, 0.05) is 50.8 Å². The van der Waals surface area contributed by atoms with Gasteiger partial charge in [0.2, 0.25) is 0 Å². The monoisotopic (exact) mass is 346 g/mol. The highest BCUT2D eigenvalue weighted by atomic mass is 15.2. The predicted molar refractivity (Wildman–Crippen MR) is 106 cm³/mol. The molecule has 4 heteroatoms. The Hall–Kier alpha value is -2.59. The normalized spacial score (nSPS) is 14.1. The molecule has 26 heavy (non-hydrogen) atoms. The number of hydrogen-bond acceptors (Lipinski definition) is 3. The lowest BCUT2D eigenvalue weighted by molar-refractivity contribution is 0.637. The molecule has 1 N–H and O–H groups in total. The van der Waals surface area contributed by atoms with E-state index in [4.69, 9.17) is 0 Å². The maximum atomic E-state index is 4.63. The lowest BCUT2D eigenvalue weighted by Gasteiger charge is -2.16. The van der Waals surface area contributed by atoms with Gasteiger partial charge in [-0.3, -0.25) is 0 Å². The van der Waals surface area contributed by atoms with Crippen LogP contribution in [0.1, 0.15) is 29.7 Å². The van der Waals surface area contributed by atoms with Gasteiger partial charge in [0.15, 0.2) is 0 Å². The van der Waals surface area contributed by atoms with Gasteiger partial charge in [0.25, 0.3) is 0 Å². The van der Waals surface area contributed by atoms with Crippen molar-refractivity contribution < 1.29 is 0 Å². The number of anilines is 1. The molecule has 4 rings (SSSR count). The summed E-state index contributed by atoms with van der Waals surface area (Å²) in [7, 11) is 0. The number of hydrogen-bond donors (Lipinski definition) is 1. The highest BCUT2D eigenvalue weighted by Gasteiger charge is 2.12. The summed E-state index contributed by atoms with van der Waals surface area (Å²) in [6, 6.07) is 19.2. The van der Waals surface area contributed by atoms with Crippen LogP contribution in [0.15, 0.2) is 67.0 Å². The molecule has 0 unspecified atom stereocenters. The quantitative estimate of drug-likeness (QED) is 0.706. The molecule has 1 aliphatic rings. The maximum Gasteiger partial charge on any atom is 0.128 e. The molecule has 3 aromatic rings. The Labute approximate surface area is 155 Å². The van der Waals surface area contributed by atoms with E-state index in [1.165, 1.54) is 29.7 Å². The summed E-state index contributed by atoms with van der Waals surface area (Å²) in [6.45, 7) is 4.89. The maximum absolute atomic E-state index is 4.63. The average molecular weight is 346 g/mol. The minimum Gasteiger partial charge on any atom is -0.357 e. The van der Waals surface area contributed by atoms with E-state index >= 15 is 0 Å². The van der Waals surface area contributed by atoms with Gasteiger partial charge in [-0.05, 0) is 42.2 Å². The third-order valence-electron chi connectivity index (χ3n) is 4.99. The number of pyridine rings is 1. The molecule has 1 saturated heterocycles. The highest BCUT2D eigenvalue weighted by Crippen LogP contribution is 2.17. The first kappa shape index (κ1) is 16.9. The van der Waals surface area contributed by atoms with Crippen LogP contribution in [0.2, 0.25) is 0 Å². The van der Waals surface area contributed by atoms with Gasteiger partial charge < -0.3 is 14.8 Å². The van der Waals surface area contributed by atoms with E-state index in [1.807, 2.05) is 6.20 Å². The second-order valence-corrected chi connectivity index (χ2v) is 6.94. The van der Waals surface area contributed by atoms with E-state index in [1.54, 1.807) is 0 Å². The van der Waals surface area contributed by atoms with Crippen LogP contribution >= 0.6 is 0 Å². The number of aromatic nitrogens is 2. The zero-order chi connectivity index (χ0) is 17.6. The Kier molecular flexibility index (Phi) is 5.31. The van der Waals surface area contributed by atoms with Crippen molar-refractivity contribution >= 4 is 5.82 Å². The largest absolute Gasteiger partial charge is 0.357 e. The third kappa shape index (κ3) is 4.14. The number of nitrogens with one attached hydrogen (secondary N) is 1. The summed E-state index contributed by atoms with van der Waals surface area (Å²) in [4.78, 5) is 7.00. The lowest BCUT2D eigenvalue weighted by atomic mass is 10.2. The SMILES string of the molecule is c1ccc(Cn2cccc2CNCc2ccc(N3CCCC3)nc2)cc1. The molecule has 0 amide bonds. The van der Waals surface area contributed by atoms with Crippen LogP contribution in [-0.4, -0.2) is 22.6 Å². The number of rotatable bonds is 7. The Bertz CT molecular complexity index is 802. The van der Waals surface area contributed by atoms with E-state index in [0.717, 1.165) is 38.5 Å². The van der Waals surface area contributed by atoms with Gasteiger partial charge in [-0.2, -0.15) is 0 Å². The fraction of sp³-hybridized carbons (Fsp3) is 0.318. The zero-order valence-electron chi connectivity index (χ0n) is 15.1. The molecule has 0 spiro atoms. The molecule has 0 radical (unpaired) electrons. The van der Waals surface area contributed by atoms with E-state index in [-0.39, 0.29) is 0 Å². The van der Waals surface area contributed by atoms with Crippen LogP contribution in [0.25, 0.3) is 0 Å². The molecular formula is C22H26N4. The topological polar surface area (TPSA) is 33.1 Å². The molecule has 1 fully saturated rings. The summed E-state index contributed by atoms with van der Waals surface area (Å²) in [5, 5.41) is 3.54. The van der Waals surface area contributed by atoms with Gasteiger partial charge in [0.1, 0.15) is 5.82 Å². The van der Waals surface area contributed by atoms with Crippen LogP contribution < -0.4 is 10.2 Å². The minimum absolute atomic E-state index is 0.837. The Balaban J connectivity index is 1.30. The van der Waals surface area contributed by atoms with Gasteiger partial charge in [-0.25, -0.2) is 4.98 Å². The molecule has 0 saturated carbocycles. The van der Waals surface area contributed by atoms with Gasteiger partial charge in [-0.15, -0.1) is 0 Å². The second kappa shape index (κ2) is 8.19. The number of benzene rings is 1. The summed E-state index contributed by atoms with van der Waals surface area (Å²) < 4.78 is 2.30. The van der Waals surface area contributed by atoms with Crippen LogP contribution in [0.4, 0.5) is 5.82 Å². The van der Waals surface area contributed by atoms with Gasteiger partial charge in [0.05, 0.1) is 0 Å². The predicted octanol–water partition coefficient (Wildman–Crippen LogP) is 3.82. The average Bonchev–Trinajstić information content (AvgIpc) is 3.36. The summed E-state index contributed by atoms with van der Waals surface area (Å²) >= 11 is 0. The van der Waals surface area contributed by atoms with Crippen molar-refractivity contribution in [2.24, 2.45) is 0 Å². The summed E-state index contributed by atoms with van der Waals surface area (Å²) in [5.74, 6) is 1.11. The van der Waals surface area contributed by atoms with E-state index < -0.39 is 0 Å². The fourth-order valence-corrected chi connectivity index (χ4v) is 3.53. The Morgan fingerprint density at radius 3 is 2.46 bits per heavy atom. The summed E-state index contributed by atoms with van der Waals surface area (Å²) in [5.41, 5.74) is 3.86. The first-order valence-electron chi connectivity index (χ1n) is 9.47. The van der Waals surface area contributed by atoms with E-state index in [2.05, 4.69) is 80.6 Å². The van der Waals surface area contributed by atoms with Gasteiger partial charge in [-0.1, -0.05) is 36.4 Å². The van der Waals surface area contributed by atoms with Crippen LogP contribution in [-0.2, 0) is 19.6 Å². The molecule has 1 aromatic carbocycles. The first-order chi connectivity index (χ1) is 12.9. The Morgan fingerprint density at radius 1 is 0.846 bits per heavy atom. The van der Waals surface area contributed by atoms with Crippen molar-refractivity contribution in [2.75, 3.05) is 18.0 Å². The molecule has 4 nitrogen and oxygen atoms in total. The molecule has 3 heterocycles. The van der Waals surface area contributed by atoms with Crippen molar-refractivity contribution in [3.63, 3.8) is 0 Å². The molecule has 134 valence electrons. The van der Waals surface area contributed by atoms with Crippen molar-refractivity contribution in [1.29, 1.82) is 0 Å². The van der Waals surface area contributed by atoms with Crippen LogP contribution in [0.5, 0.6) is 0 Å². The minimum atomic E-state index is 0.837. The van der Waals surface area contributed by atoms with Crippen molar-refractivity contribution in [3.05, 3.63) is 83.8 Å². The highest BCUT2D eigenvalue weighted by molar-refractivity contribution is 5.40. The third-order valence-corrected chi connectivity index (χ3v) is 4.99. The van der Waals surface area contributed by atoms with E-state index in [0.29, 0.717) is 0 Å². The standard InChI is InChI=1S/C22H26N4/c1-2-7-19(8-3-1)18-26-14-6-9-21(26)17-23-15-20-10-11-22(24-16-20)25-12-4-5-13-25/h1-3,6-11,14,16,23H,4-5,12-13,15,17-18H2. The molecule has 0 bridgehead atoms. The fourth-order valence-electron chi connectivity index (χ4n) is 3.53. The van der Waals surface area contributed by atoms with E-state index in [9.17, 15) is 0 Å². The lowest BCUT2D eigenvalue weighted by Crippen LogP contribution is -2.19. The zero-order valence-corrected chi connectivity index (χ0v) is 15.1. The second-order valence-electron chi connectivity index (χ2n) is 6.94. The molecular weight excluding hydrogens is 320 g/mol. The molecule has 1 aliphatic heterocycles. The number of nitrogens with zero attached hydrogens (tertiary/aromatic N) is 3. The van der Waals surface area contributed by atoms with Crippen LogP contribution in [0.3, 0.4) is 0 Å². The molecule has 0 atom stereocenters. The Morgan fingerprint density at radius 2 is 1.69 bits per heavy atom. The van der Waals surface area contributed by atoms with Crippen molar-refractivity contribution in [1.82, 2.24) is 14.9 Å². The van der Waals surface area contributed by atoms with Crippen LogP contribution in [0, 0.1) is 0 Å². The molecule has 0 aliphatic carbocycles. The van der Waals surface area contributed by atoms with Gasteiger partial charge >= 0.3 is 0 Å². The first-order valence-corrected chi connectivity index (χ1v) is 9.47. The molecule has 2 aromatic heterocycles. The van der Waals surface area contributed by atoms with Crippen molar-refractivity contribution in [2.45, 2.75) is 32.5 Å². The smallest absolute Gasteiger partial charge is 0.128 e. The summed E-state index contributed by atoms with van der Waals surface area (Å²) in [6.07, 6.45) is 6.72. The van der Waals surface area contributed by atoms with Crippen molar-refractivity contribution in [3.8, 4) is 0 Å².